The Morgan fingerprint density at radius 1 is 1.30 bits per heavy atom. The molecule has 0 bridgehead atoms. The van der Waals surface area contributed by atoms with Crippen molar-refractivity contribution < 1.29 is 0 Å². The molecule has 0 atom stereocenters. The first kappa shape index (κ1) is 15.5. The van der Waals surface area contributed by atoms with Gasteiger partial charge in [-0.2, -0.15) is 5.10 Å². The number of halogens is 2. The van der Waals surface area contributed by atoms with Crippen LogP contribution in [0, 0.1) is 6.92 Å². The summed E-state index contributed by atoms with van der Waals surface area (Å²) in [5.41, 5.74) is 0.962. The lowest BCUT2D eigenvalue weighted by atomic mass is 10.4. The van der Waals surface area contributed by atoms with Gasteiger partial charge in [-0.05, 0) is 37.2 Å². The molecule has 2 aromatic rings. The van der Waals surface area contributed by atoms with E-state index in [2.05, 4.69) is 22.3 Å². The second kappa shape index (κ2) is 6.70. The molecule has 7 heteroatoms. The average Bonchev–Trinajstić information content (AvgIpc) is 2.69. The van der Waals surface area contributed by atoms with E-state index in [0.717, 1.165) is 28.7 Å². The summed E-state index contributed by atoms with van der Waals surface area (Å²) in [6, 6.07) is 3.72. The standard InChI is InChI=1S/C13H16Cl2N4S/c1-4-5-16-12-9(14)7-10(15)13(17-12)20-11-6-8(2)18-19(11)3/h6-7H,4-5H2,1-3H3,(H,16,17). The van der Waals surface area contributed by atoms with E-state index in [1.165, 1.54) is 11.8 Å². The van der Waals surface area contributed by atoms with Gasteiger partial charge in [-0.3, -0.25) is 4.68 Å². The van der Waals surface area contributed by atoms with Crippen molar-refractivity contribution in [3.05, 3.63) is 27.9 Å². The highest BCUT2D eigenvalue weighted by atomic mass is 35.5. The van der Waals surface area contributed by atoms with Gasteiger partial charge in [0.05, 0.1) is 15.7 Å². The van der Waals surface area contributed by atoms with Crippen molar-refractivity contribution in [2.45, 2.75) is 30.3 Å². The molecule has 0 saturated heterocycles. The largest absolute Gasteiger partial charge is 0.369 e. The molecule has 0 unspecified atom stereocenters. The van der Waals surface area contributed by atoms with Crippen LogP contribution in [0.15, 0.2) is 22.2 Å². The van der Waals surface area contributed by atoms with Crippen molar-refractivity contribution in [3.8, 4) is 0 Å². The number of aryl methyl sites for hydroxylation is 2. The molecule has 1 N–H and O–H groups in total. The molecule has 2 aromatic heterocycles. The summed E-state index contributed by atoms with van der Waals surface area (Å²) in [6.07, 6.45) is 1.00. The van der Waals surface area contributed by atoms with Gasteiger partial charge in [-0.25, -0.2) is 4.98 Å². The molecule has 0 saturated carbocycles. The van der Waals surface area contributed by atoms with Crippen molar-refractivity contribution in [2.75, 3.05) is 11.9 Å². The molecule has 2 rings (SSSR count). The molecule has 4 nitrogen and oxygen atoms in total. The van der Waals surface area contributed by atoms with Gasteiger partial charge in [0.15, 0.2) is 0 Å². The third-order valence-corrected chi connectivity index (χ3v) is 4.38. The van der Waals surface area contributed by atoms with Crippen molar-refractivity contribution in [1.82, 2.24) is 14.8 Å². The Balaban J connectivity index is 2.29. The second-order valence-electron chi connectivity index (χ2n) is 4.38. The summed E-state index contributed by atoms with van der Waals surface area (Å²) in [6.45, 7) is 4.86. The molecular formula is C13H16Cl2N4S. The van der Waals surface area contributed by atoms with Gasteiger partial charge >= 0.3 is 0 Å². The Bertz CT molecular complexity index is 613. The highest BCUT2D eigenvalue weighted by Crippen LogP contribution is 2.35. The quantitative estimate of drug-likeness (QED) is 0.882. The van der Waals surface area contributed by atoms with Crippen LogP contribution in [0.5, 0.6) is 0 Å². The Labute approximate surface area is 132 Å². The third kappa shape index (κ3) is 3.59. The summed E-state index contributed by atoms with van der Waals surface area (Å²) < 4.78 is 1.81. The number of hydrogen-bond donors (Lipinski definition) is 1. The second-order valence-corrected chi connectivity index (χ2v) is 6.21. The van der Waals surface area contributed by atoms with Gasteiger partial charge in [-0.15, -0.1) is 0 Å². The summed E-state index contributed by atoms with van der Waals surface area (Å²) in [7, 11) is 1.90. The number of nitrogens with zero attached hydrogens (tertiary/aromatic N) is 3. The molecule has 0 aliphatic rings. The highest BCUT2D eigenvalue weighted by molar-refractivity contribution is 7.99. The summed E-state index contributed by atoms with van der Waals surface area (Å²) in [4.78, 5) is 4.50. The minimum Gasteiger partial charge on any atom is -0.369 e. The van der Waals surface area contributed by atoms with Gasteiger partial charge in [0.1, 0.15) is 15.9 Å². The number of aromatic nitrogens is 3. The molecule has 0 fully saturated rings. The highest BCUT2D eigenvalue weighted by Gasteiger charge is 2.13. The predicted molar refractivity (Wildman–Crippen MR) is 85.1 cm³/mol. The number of anilines is 1. The van der Waals surface area contributed by atoms with E-state index in [0.29, 0.717) is 15.9 Å². The maximum Gasteiger partial charge on any atom is 0.146 e. The third-order valence-electron chi connectivity index (χ3n) is 2.60. The van der Waals surface area contributed by atoms with Gasteiger partial charge in [0.25, 0.3) is 0 Å². The molecule has 0 radical (unpaired) electrons. The van der Waals surface area contributed by atoms with E-state index in [1.807, 2.05) is 24.7 Å². The molecule has 0 spiro atoms. The lowest BCUT2D eigenvalue weighted by Crippen LogP contribution is -2.03. The normalized spacial score (nSPS) is 10.8. The van der Waals surface area contributed by atoms with Crippen molar-refractivity contribution in [3.63, 3.8) is 0 Å². The van der Waals surface area contributed by atoms with Crippen LogP contribution in [-0.4, -0.2) is 21.3 Å². The maximum absolute atomic E-state index is 6.22. The molecule has 20 heavy (non-hydrogen) atoms. The minimum absolute atomic E-state index is 0.536. The SMILES string of the molecule is CCCNc1nc(Sc2cc(C)nn2C)c(Cl)cc1Cl. The van der Waals surface area contributed by atoms with Gasteiger partial charge in [0, 0.05) is 13.6 Å². The fraction of sp³-hybridized carbons (Fsp3) is 0.385. The first-order valence-corrected chi connectivity index (χ1v) is 7.87. The number of hydrogen-bond acceptors (Lipinski definition) is 4. The fourth-order valence-electron chi connectivity index (χ4n) is 1.67. The smallest absolute Gasteiger partial charge is 0.146 e. The van der Waals surface area contributed by atoms with Crippen LogP contribution in [0.4, 0.5) is 5.82 Å². The Morgan fingerprint density at radius 3 is 2.65 bits per heavy atom. The van der Waals surface area contributed by atoms with Crippen molar-refractivity contribution in [1.29, 1.82) is 0 Å². The van der Waals surface area contributed by atoms with Gasteiger partial charge in [0.2, 0.25) is 0 Å². The van der Waals surface area contributed by atoms with Crippen LogP contribution in [0.25, 0.3) is 0 Å². The molecule has 108 valence electrons. The molecule has 0 aliphatic heterocycles. The molecule has 0 aromatic carbocycles. The summed E-state index contributed by atoms with van der Waals surface area (Å²) in [5.74, 6) is 0.666. The Hall–Kier alpha value is -0.910. The lowest BCUT2D eigenvalue weighted by Gasteiger charge is -2.10. The number of nitrogens with one attached hydrogen (secondary N) is 1. The summed E-state index contributed by atoms with van der Waals surface area (Å²) in [5, 5.41) is 10.3. The first-order chi connectivity index (χ1) is 9.51. The number of pyridine rings is 1. The van der Waals surface area contributed by atoms with Crippen LogP contribution in [0.1, 0.15) is 19.0 Å². The minimum atomic E-state index is 0.536. The van der Waals surface area contributed by atoms with Crippen molar-refractivity contribution in [2.24, 2.45) is 7.05 Å². The first-order valence-electron chi connectivity index (χ1n) is 6.29. The Kier molecular flexibility index (Phi) is 5.18. The topological polar surface area (TPSA) is 42.7 Å². The van der Waals surface area contributed by atoms with E-state index >= 15 is 0 Å². The average molecular weight is 331 g/mol. The van der Waals surface area contributed by atoms with Crippen LogP contribution >= 0.6 is 35.0 Å². The van der Waals surface area contributed by atoms with E-state index in [-0.39, 0.29) is 0 Å². The number of rotatable bonds is 5. The van der Waals surface area contributed by atoms with Crippen LogP contribution in [0.3, 0.4) is 0 Å². The van der Waals surface area contributed by atoms with Crippen LogP contribution in [0.2, 0.25) is 10.0 Å². The molecule has 0 amide bonds. The predicted octanol–water partition coefficient (Wildman–Crippen LogP) is 4.40. The molecule has 0 aliphatic carbocycles. The van der Waals surface area contributed by atoms with Gasteiger partial charge in [-0.1, -0.05) is 30.1 Å². The monoisotopic (exact) mass is 330 g/mol. The Morgan fingerprint density at radius 2 is 2.05 bits per heavy atom. The van der Waals surface area contributed by atoms with Crippen LogP contribution in [-0.2, 0) is 7.05 Å². The van der Waals surface area contributed by atoms with E-state index in [4.69, 9.17) is 23.2 Å². The zero-order valence-electron chi connectivity index (χ0n) is 11.6. The maximum atomic E-state index is 6.22. The van der Waals surface area contributed by atoms with E-state index in [9.17, 15) is 0 Å². The van der Waals surface area contributed by atoms with Crippen molar-refractivity contribution >= 4 is 40.8 Å². The molecular weight excluding hydrogens is 315 g/mol. The zero-order chi connectivity index (χ0) is 14.7. The summed E-state index contributed by atoms with van der Waals surface area (Å²) >= 11 is 13.8. The van der Waals surface area contributed by atoms with Gasteiger partial charge < -0.3 is 5.32 Å². The molecule has 2 heterocycles. The van der Waals surface area contributed by atoms with Crippen LogP contribution < -0.4 is 5.32 Å². The zero-order valence-corrected chi connectivity index (χ0v) is 13.9. The lowest BCUT2D eigenvalue weighted by molar-refractivity contribution is 0.692. The van der Waals surface area contributed by atoms with E-state index < -0.39 is 0 Å². The van der Waals surface area contributed by atoms with E-state index in [1.54, 1.807) is 6.07 Å². The fourth-order valence-corrected chi connectivity index (χ4v) is 3.11.